The Morgan fingerprint density at radius 3 is 3.21 bits per heavy atom. The summed E-state index contributed by atoms with van der Waals surface area (Å²) in [5.41, 5.74) is 0. The van der Waals surface area contributed by atoms with Crippen LogP contribution in [0.2, 0.25) is 0 Å². The van der Waals surface area contributed by atoms with Gasteiger partial charge in [0.1, 0.15) is 23.7 Å². The lowest BCUT2D eigenvalue weighted by molar-refractivity contribution is 0.0994. The number of aromatic nitrogens is 5. The summed E-state index contributed by atoms with van der Waals surface area (Å²) >= 11 is 1.46. The molecule has 0 fully saturated rings. The summed E-state index contributed by atoms with van der Waals surface area (Å²) in [6.45, 7) is 0.891. The SMILES string of the molecule is O=C(Nc1cnc2n1CCCC2)c1ccc(CSc2ncn[nH]2)o1. The monoisotopic (exact) mass is 344 g/mol. The van der Waals surface area contributed by atoms with Crippen molar-refractivity contribution in [3.63, 3.8) is 0 Å². The van der Waals surface area contributed by atoms with E-state index in [1.54, 1.807) is 18.3 Å². The number of H-pyrrole nitrogens is 1. The molecule has 1 aliphatic rings. The zero-order valence-corrected chi connectivity index (χ0v) is 13.7. The minimum atomic E-state index is -0.265. The van der Waals surface area contributed by atoms with Gasteiger partial charge in [0, 0.05) is 13.0 Å². The molecule has 8 nitrogen and oxygen atoms in total. The van der Waals surface area contributed by atoms with Gasteiger partial charge in [0.25, 0.3) is 5.91 Å². The Kier molecular flexibility index (Phi) is 4.08. The number of nitrogens with zero attached hydrogens (tertiary/aromatic N) is 4. The maximum atomic E-state index is 12.4. The molecular formula is C15H16N6O2S. The molecule has 0 spiro atoms. The largest absolute Gasteiger partial charge is 0.455 e. The number of imidazole rings is 1. The highest BCUT2D eigenvalue weighted by atomic mass is 32.2. The van der Waals surface area contributed by atoms with E-state index in [0.717, 1.165) is 37.4 Å². The number of carbonyl (C=O) groups excluding carboxylic acids is 1. The molecule has 2 N–H and O–H groups in total. The van der Waals surface area contributed by atoms with E-state index in [9.17, 15) is 4.79 Å². The number of furan rings is 1. The Bertz CT molecular complexity index is 838. The fraction of sp³-hybridized carbons (Fsp3) is 0.333. The number of amides is 1. The molecule has 9 heteroatoms. The first-order valence-electron chi connectivity index (χ1n) is 7.72. The summed E-state index contributed by atoms with van der Waals surface area (Å²) < 4.78 is 7.67. The van der Waals surface area contributed by atoms with Crippen LogP contribution in [0, 0.1) is 0 Å². The van der Waals surface area contributed by atoms with Crippen LogP contribution in [-0.2, 0) is 18.7 Å². The van der Waals surface area contributed by atoms with Gasteiger partial charge in [0.2, 0.25) is 0 Å². The number of aryl methyl sites for hydroxylation is 1. The normalized spacial score (nSPS) is 13.7. The molecule has 124 valence electrons. The van der Waals surface area contributed by atoms with Crippen molar-refractivity contribution in [1.82, 2.24) is 24.7 Å². The van der Waals surface area contributed by atoms with Gasteiger partial charge in [-0.05, 0) is 25.0 Å². The number of thioether (sulfide) groups is 1. The maximum Gasteiger partial charge on any atom is 0.292 e. The van der Waals surface area contributed by atoms with Gasteiger partial charge >= 0.3 is 0 Å². The van der Waals surface area contributed by atoms with Crippen LogP contribution < -0.4 is 5.32 Å². The van der Waals surface area contributed by atoms with Crippen LogP contribution in [0.3, 0.4) is 0 Å². The first-order valence-corrected chi connectivity index (χ1v) is 8.71. The zero-order chi connectivity index (χ0) is 16.4. The predicted molar refractivity (Wildman–Crippen MR) is 87.8 cm³/mol. The van der Waals surface area contributed by atoms with Gasteiger partial charge in [-0.15, -0.1) is 0 Å². The second-order valence-electron chi connectivity index (χ2n) is 5.47. The van der Waals surface area contributed by atoms with E-state index < -0.39 is 0 Å². The predicted octanol–water partition coefficient (Wildman–Crippen LogP) is 2.48. The molecular weight excluding hydrogens is 328 g/mol. The highest BCUT2D eigenvalue weighted by Gasteiger charge is 2.18. The average molecular weight is 344 g/mol. The van der Waals surface area contributed by atoms with Gasteiger partial charge < -0.3 is 14.3 Å². The highest BCUT2D eigenvalue weighted by Crippen LogP contribution is 2.22. The third-order valence-electron chi connectivity index (χ3n) is 3.84. The molecule has 0 aromatic carbocycles. The van der Waals surface area contributed by atoms with E-state index in [0.29, 0.717) is 16.7 Å². The van der Waals surface area contributed by atoms with Crippen molar-refractivity contribution in [1.29, 1.82) is 0 Å². The zero-order valence-electron chi connectivity index (χ0n) is 12.9. The van der Waals surface area contributed by atoms with Crippen molar-refractivity contribution in [3.05, 3.63) is 42.0 Å². The molecule has 1 amide bonds. The van der Waals surface area contributed by atoms with Gasteiger partial charge in [-0.1, -0.05) is 11.8 Å². The van der Waals surface area contributed by atoms with Crippen LogP contribution in [-0.4, -0.2) is 30.6 Å². The number of rotatable bonds is 5. The molecule has 0 unspecified atom stereocenters. The quantitative estimate of drug-likeness (QED) is 0.690. The van der Waals surface area contributed by atoms with Crippen molar-refractivity contribution in [2.24, 2.45) is 0 Å². The minimum absolute atomic E-state index is 0.265. The van der Waals surface area contributed by atoms with Crippen LogP contribution in [0.15, 0.2) is 34.2 Å². The van der Waals surface area contributed by atoms with Crippen LogP contribution >= 0.6 is 11.8 Å². The highest BCUT2D eigenvalue weighted by molar-refractivity contribution is 7.98. The lowest BCUT2D eigenvalue weighted by atomic mass is 10.2. The number of carbonyl (C=O) groups is 1. The van der Waals surface area contributed by atoms with Crippen molar-refractivity contribution >= 4 is 23.5 Å². The van der Waals surface area contributed by atoms with E-state index in [1.165, 1.54) is 18.1 Å². The summed E-state index contributed by atoms with van der Waals surface area (Å²) in [5.74, 6) is 3.05. The third kappa shape index (κ3) is 3.07. The Hall–Kier alpha value is -2.55. The fourth-order valence-electron chi connectivity index (χ4n) is 2.67. The summed E-state index contributed by atoms with van der Waals surface area (Å²) in [7, 11) is 0. The van der Waals surface area contributed by atoms with E-state index in [2.05, 4.69) is 30.0 Å². The Morgan fingerprint density at radius 1 is 1.38 bits per heavy atom. The lowest BCUT2D eigenvalue weighted by Gasteiger charge is -2.16. The van der Waals surface area contributed by atoms with Gasteiger partial charge in [-0.25, -0.2) is 9.97 Å². The molecule has 3 aromatic heterocycles. The van der Waals surface area contributed by atoms with Crippen LogP contribution in [0.1, 0.15) is 35.0 Å². The first-order chi connectivity index (χ1) is 11.8. The third-order valence-corrected chi connectivity index (χ3v) is 4.74. The smallest absolute Gasteiger partial charge is 0.292 e. The first kappa shape index (κ1) is 15.0. The Labute approximate surface area is 142 Å². The summed E-state index contributed by atoms with van der Waals surface area (Å²) in [6, 6.07) is 3.48. The molecule has 24 heavy (non-hydrogen) atoms. The van der Waals surface area contributed by atoms with E-state index in [1.807, 2.05) is 0 Å². The number of aromatic amines is 1. The summed E-state index contributed by atoms with van der Waals surface area (Å²) in [6.07, 6.45) is 6.38. The molecule has 0 radical (unpaired) electrons. The summed E-state index contributed by atoms with van der Waals surface area (Å²) in [4.78, 5) is 20.8. The summed E-state index contributed by atoms with van der Waals surface area (Å²) in [5, 5.41) is 10.1. The van der Waals surface area contributed by atoms with E-state index in [-0.39, 0.29) is 11.7 Å². The van der Waals surface area contributed by atoms with Crippen LogP contribution in [0.25, 0.3) is 0 Å². The molecule has 3 aromatic rings. The Morgan fingerprint density at radius 2 is 2.33 bits per heavy atom. The molecule has 4 rings (SSSR count). The number of anilines is 1. The van der Waals surface area contributed by atoms with Crippen molar-refractivity contribution in [2.75, 3.05) is 5.32 Å². The molecule has 0 atom stereocenters. The van der Waals surface area contributed by atoms with E-state index >= 15 is 0 Å². The number of nitrogens with one attached hydrogen (secondary N) is 2. The molecule has 4 heterocycles. The van der Waals surface area contributed by atoms with Gasteiger partial charge in [-0.2, -0.15) is 5.10 Å². The van der Waals surface area contributed by atoms with Crippen molar-refractivity contribution in [3.8, 4) is 0 Å². The fourth-order valence-corrected chi connectivity index (χ4v) is 3.35. The molecule has 1 aliphatic heterocycles. The van der Waals surface area contributed by atoms with Crippen molar-refractivity contribution < 1.29 is 9.21 Å². The lowest BCUT2D eigenvalue weighted by Crippen LogP contribution is -2.17. The number of hydrogen-bond donors (Lipinski definition) is 2. The minimum Gasteiger partial charge on any atom is -0.455 e. The van der Waals surface area contributed by atoms with Gasteiger partial charge in [-0.3, -0.25) is 9.89 Å². The second-order valence-corrected chi connectivity index (χ2v) is 6.43. The maximum absolute atomic E-state index is 12.4. The molecule has 0 bridgehead atoms. The number of fused-ring (bicyclic) bond motifs is 1. The molecule has 0 aliphatic carbocycles. The second kappa shape index (κ2) is 6.52. The van der Waals surface area contributed by atoms with Gasteiger partial charge in [0.05, 0.1) is 11.9 Å². The van der Waals surface area contributed by atoms with Crippen LogP contribution in [0.5, 0.6) is 0 Å². The average Bonchev–Trinajstić information content (AvgIpc) is 3.34. The van der Waals surface area contributed by atoms with E-state index in [4.69, 9.17) is 4.42 Å². The molecule has 0 saturated carbocycles. The van der Waals surface area contributed by atoms with Gasteiger partial charge in [0.15, 0.2) is 10.9 Å². The van der Waals surface area contributed by atoms with Crippen LogP contribution in [0.4, 0.5) is 5.82 Å². The number of hydrogen-bond acceptors (Lipinski definition) is 6. The topological polar surface area (TPSA) is 102 Å². The van der Waals surface area contributed by atoms with Crippen molar-refractivity contribution in [2.45, 2.75) is 36.7 Å². The Balaban J connectivity index is 1.40. The standard InChI is InChI=1S/C15H16N6O2S/c22-14(19-13-7-16-12-3-1-2-6-21(12)13)11-5-4-10(23-11)8-24-15-17-9-18-20-15/h4-5,7,9H,1-3,6,8H2,(H,19,22)(H,17,18,20). The molecule has 0 saturated heterocycles.